The molecule has 0 bridgehead atoms. The van der Waals surface area contributed by atoms with Gasteiger partial charge in [0.05, 0.1) is 11.1 Å². The van der Waals surface area contributed by atoms with Crippen molar-refractivity contribution in [2.75, 3.05) is 36.0 Å². The predicted octanol–water partition coefficient (Wildman–Crippen LogP) is 4.66. The number of rotatable bonds is 3. The Balaban J connectivity index is 1.40. The lowest BCUT2D eigenvalue weighted by atomic mass is 9.96. The van der Waals surface area contributed by atoms with Crippen LogP contribution in [0.5, 0.6) is 5.75 Å². The van der Waals surface area contributed by atoms with Crippen molar-refractivity contribution >= 4 is 33.1 Å². The van der Waals surface area contributed by atoms with Crippen molar-refractivity contribution in [1.82, 2.24) is 15.0 Å². The largest absolute Gasteiger partial charge is 0.506 e. The molecule has 1 aromatic carbocycles. The summed E-state index contributed by atoms with van der Waals surface area (Å²) >= 11 is 1.84. The highest BCUT2D eigenvalue weighted by atomic mass is 32.1. The molecule has 0 saturated carbocycles. The highest BCUT2D eigenvalue weighted by Crippen LogP contribution is 2.41. The van der Waals surface area contributed by atoms with Crippen molar-refractivity contribution < 1.29 is 5.11 Å². The molecule has 0 radical (unpaired) electrons. The van der Waals surface area contributed by atoms with Gasteiger partial charge in [-0.05, 0) is 55.5 Å². The van der Waals surface area contributed by atoms with E-state index in [0.29, 0.717) is 5.75 Å². The minimum atomic E-state index is 0.344. The molecular formula is C25H25N5OS. The van der Waals surface area contributed by atoms with E-state index in [-0.39, 0.29) is 0 Å². The first-order chi connectivity index (χ1) is 15.8. The van der Waals surface area contributed by atoms with Crippen LogP contribution in [0.15, 0.2) is 48.8 Å². The number of aryl methyl sites for hydroxylation is 2. The van der Waals surface area contributed by atoms with Gasteiger partial charge in [0.25, 0.3) is 0 Å². The first-order valence-electron chi connectivity index (χ1n) is 11.3. The molecule has 7 heteroatoms. The van der Waals surface area contributed by atoms with Gasteiger partial charge in [-0.3, -0.25) is 4.98 Å². The predicted molar refractivity (Wildman–Crippen MR) is 130 cm³/mol. The van der Waals surface area contributed by atoms with Gasteiger partial charge < -0.3 is 14.9 Å². The Kier molecular flexibility index (Phi) is 4.91. The first kappa shape index (κ1) is 19.5. The summed E-state index contributed by atoms with van der Waals surface area (Å²) in [4.78, 5) is 21.6. The third-order valence-corrected chi connectivity index (χ3v) is 7.70. The Morgan fingerprint density at radius 2 is 1.69 bits per heavy atom. The Labute approximate surface area is 191 Å². The van der Waals surface area contributed by atoms with Gasteiger partial charge in [0.1, 0.15) is 16.4 Å². The quantitative estimate of drug-likeness (QED) is 0.497. The monoisotopic (exact) mass is 443 g/mol. The zero-order chi connectivity index (χ0) is 21.5. The lowest BCUT2D eigenvalue weighted by molar-refractivity contribution is 0.472. The Morgan fingerprint density at radius 1 is 0.875 bits per heavy atom. The molecule has 0 unspecified atom stereocenters. The minimum absolute atomic E-state index is 0.344. The van der Waals surface area contributed by atoms with Gasteiger partial charge in [0.15, 0.2) is 5.82 Å². The number of hydrogen-bond donors (Lipinski definition) is 1. The highest BCUT2D eigenvalue weighted by Gasteiger charge is 2.27. The summed E-state index contributed by atoms with van der Waals surface area (Å²) in [5.41, 5.74) is 3.32. The van der Waals surface area contributed by atoms with E-state index in [1.807, 2.05) is 47.9 Å². The van der Waals surface area contributed by atoms with Crippen LogP contribution in [0.2, 0.25) is 0 Å². The molecule has 1 saturated heterocycles. The molecule has 4 heterocycles. The van der Waals surface area contributed by atoms with Crippen LogP contribution in [0.25, 0.3) is 21.6 Å². The van der Waals surface area contributed by atoms with Crippen LogP contribution in [0.3, 0.4) is 0 Å². The number of pyridine rings is 1. The first-order valence-corrected chi connectivity index (χ1v) is 12.1. The molecule has 1 aliphatic carbocycles. The van der Waals surface area contributed by atoms with Gasteiger partial charge in [-0.25, -0.2) is 9.97 Å². The molecule has 0 amide bonds. The van der Waals surface area contributed by atoms with Crippen LogP contribution < -0.4 is 9.80 Å². The summed E-state index contributed by atoms with van der Waals surface area (Å²) in [6.07, 6.45) is 8.40. The zero-order valence-electron chi connectivity index (χ0n) is 17.9. The average Bonchev–Trinajstić information content (AvgIpc) is 3.23. The number of thiophene rings is 1. The lowest BCUT2D eigenvalue weighted by Gasteiger charge is -2.37. The molecule has 32 heavy (non-hydrogen) atoms. The summed E-state index contributed by atoms with van der Waals surface area (Å²) in [6, 6.07) is 11.6. The second-order valence-electron chi connectivity index (χ2n) is 8.47. The number of anilines is 2. The van der Waals surface area contributed by atoms with Crippen LogP contribution in [-0.4, -0.2) is 46.2 Å². The Hall–Kier alpha value is -3.19. The van der Waals surface area contributed by atoms with Gasteiger partial charge in [-0.2, -0.15) is 0 Å². The number of hydrogen-bond acceptors (Lipinski definition) is 7. The molecule has 6 rings (SSSR count). The maximum Gasteiger partial charge on any atom is 0.164 e. The van der Waals surface area contributed by atoms with Gasteiger partial charge in [-0.15, -0.1) is 11.3 Å². The van der Waals surface area contributed by atoms with E-state index >= 15 is 0 Å². The van der Waals surface area contributed by atoms with Crippen molar-refractivity contribution in [3.8, 4) is 17.1 Å². The third-order valence-electron chi connectivity index (χ3n) is 6.52. The van der Waals surface area contributed by atoms with Crippen LogP contribution >= 0.6 is 11.3 Å². The fourth-order valence-electron chi connectivity index (χ4n) is 4.88. The molecule has 162 valence electrons. The summed E-state index contributed by atoms with van der Waals surface area (Å²) in [5.74, 6) is 2.16. The summed E-state index contributed by atoms with van der Waals surface area (Å²) < 4.78 is 0. The smallest absolute Gasteiger partial charge is 0.164 e. The molecule has 1 aliphatic heterocycles. The van der Waals surface area contributed by atoms with Crippen molar-refractivity contribution in [3.63, 3.8) is 0 Å². The normalized spacial score (nSPS) is 16.4. The number of piperazine rings is 1. The van der Waals surface area contributed by atoms with Gasteiger partial charge >= 0.3 is 0 Å². The zero-order valence-corrected chi connectivity index (χ0v) is 18.7. The van der Waals surface area contributed by atoms with Crippen molar-refractivity contribution in [1.29, 1.82) is 0 Å². The second kappa shape index (κ2) is 8.06. The van der Waals surface area contributed by atoms with Crippen LogP contribution in [0, 0.1) is 0 Å². The molecule has 4 aromatic rings. The lowest BCUT2D eigenvalue weighted by Crippen LogP contribution is -2.47. The molecule has 0 atom stereocenters. The average molecular weight is 444 g/mol. The van der Waals surface area contributed by atoms with Crippen LogP contribution in [0.1, 0.15) is 23.3 Å². The number of aromatic nitrogens is 3. The van der Waals surface area contributed by atoms with Gasteiger partial charge in [0, 0.05) is 49.0 Å². The minimum Gasteiger partial charge on any atom is -0.506 e. The Bertz CT molecular complexity index is 1260. The number of benzene rings is 1. The summed E-state index contributed by atoms with van der Waals surface area (Å²) in [5, 5.41) is 11.5. The topological polar surface area (TPSA) is 65.4 Å². The standard InChI is InChI=1S/C25H25N5OS/c31-20-9-3-2-8-19(20)29-12-14-30(15-13-29)24-22-18-7-1-4-10-21(18)32-25(22)28-23(27-24)17-6-5-11-26-16-17/h2-3,5-6,8-9,11,16,31H,1,4,7,10,12-15H2. The number of phenolic OH excluding ortho intramolecular Hbond substituents is 1. The number of aromatic hydroxyl groups is 1. The van der Waals surface area contributed by atoms with Crippen molar-refractivity contribution in [2.45, 2.75) is 25.7 Å². The Morgan fingerprint density at radius 3 is 2.50 bits per heavy atom. The van der Waals surface area contributed by atoms with Crippen molar-refractivity contribution in [2.24, 2.45) is 0 Å². The molecule has 1 N–H and O–H groups in total. The number of fused-ring (bicyclic) bond motifs is 3. The fourth-order valence-corrected chi connectivity index (χ4v) is 6.14. The van der Waals surface area contributed by atoms with Crippen LogP contribution in [0.4, 0.5) is 11.5 Å². The molecule has 1 fully saturated rings. The molecule has 2 aliphatic rings. The molecule has 3 aromatic heterocycles. The maximum absolute atomic E-state index is 10.3. The molecule has 0 spiro atoms. The van der Waals surface area contributed by atoms with E-state index < -0.39 is 0 Å². The fraction of sp³-hybridized carbons (Fsp3) is 0.320. The van der Waals surface area contributed by atoms with E-state index in [0.717, 1.165) is 66.7 Å². The van der Waals surface area contributed by atoms with E-state index in [2.05, 4.69) is 14.8 Å². The van der Waals surface area contributed by atoms with Crippen molar-refractivity contribution in [3.05, 3.63) is 59.2 Å². The van der Waals surface area contributed by atoms with E-state index in [1.54, 1.807) is 12.3 Å². The number of nitrogens with zero attached hydrogens (tertiary/aromatic N) is 5. The molecule has 6 nitrogen and oxygen atoms in total. The maximum atomic E-state index is 10.3. The van der Waals surface area contributed by atoms with Gasteiger partial charge in [0.2, 0.25) is 0 Å². The van der Waals surface area contributed by atoms with Crippen LogP contribution in [-0.2, 0) is 12.8 Å². The summed E-state index contributed by atoms with van der Waals surface area (Å²) in [7, 11) is 0. The van der Waals surface area contributed by atoms with Gasteiger partial charge in [-0.1, -0.05) is 12.1 Å². The highest BCUT2D eigenvalue weighted by molar-refractivity contribution is 7.19. The van der Waals surface area contributed by atoms with E-state index in [9.17, 15) is 5.11 Å². The van der Waals surface area contributed by atoms with E-state index in [1.165, 1.54) is 28.7 Å². The summed E-state index contributed by atoms with van der Waals surface area (Å²) in [6.45, 7) is 3.41. The number of para-hydroxylation sites is 2. The second-order valence-corrected chi connectivity index (χ2v) is 9.55. The van der Waals surface area contributed by atoms with E-state index in [4.69, 9.17) is 9.97 Å². The number of phenols is 1. The molecular weight excluding hydrogens is 418 g/mol. The SMILES string of the molecule is Oc1ccccc1N1CCN(c2nc(-c3cccnc3)nc3sc4c(c23)CCCC4)CC1. The third kappa shape index (κ3) is 3.37.